The van der Waals surface area contributed by atoms with Crippen LogP contribution < -0.4 is 5.32 Å². The Morgan fingerprint density at radius 2 is 1.77 bits per heavy atom. The van der Waals surface area contributed by atoms with Gasteiger partial charge in [0.05, 0.1) is 0 Å². The first kappa shape index (κ1) is 12.4. The maximum absolute atomic E-state index is 11.6. The average Bonchev–Trinajstić information content (AvgIpc) is 2.04. The molecule has 0 aromatic heterocycles. The molecular weight excluding hydrogens is 166 g/mol. The Morgan fingerprint density at radius 1 is 1.31 bits per heavy atom. The van der Waals surface area contributed by atoms with Crippen molar-refractivity contribution in [3.05, 3.63) is 0 Å². The van der Waals surface area contributed by atoms with Crippen molar-refractivity contribution in [3.8, 4) is 0 Å². The summed E-state index contributed by atoms with van der Waals surface area (Å²) in [5, 5.41) is 2.93. The second kappa shape index (κ2) is 4.09. The van der Waals surface area contributed by atoms with Gasteiger partial charge in [0.25, 0.3) is 5.91 Å². The molecule has 0 fully saturated rings. The quantitative estimate of drug-likeness (QED) is 0.727. The first-order valence-corrected chi connectivity index (χ1v) is 4.63. The van der Waals surface area contributed by atoms with Gasteiger partial charge in [-0.3, -0.25) is 4.79 Å². The van der Waals surface area contributed by atoms with E-state index in [0.29, 0.717) is 0 Å². The normalized spacial score (nSPS) is 12.8. The van der Waals surface area contributed by atoms with Gasteiger partial charge in [0.15, 0.2) is 0 Å². The van der Waals surface area contributed by atoms with Gasteiger partial charge in [-0.25, -0.2) is 0 Å². The van der Waals surface area contributed by atoms with Crippen molar-refractivity contribution in [1.82, 2.24) is 5.32 Å². The largest absolute Gasteiger partial charge is 0.369 e. The van der Waals surface area contributed by atoms with Crippen molar-refractivity contribution in [2.75, 3.05) is 7.11 Å². The molecule has 3 nitrogen and oxygen atoms in total. The maximum atomic E-state index is 11.6. The Labute approximate surface area is 80.8 Å². The molecule has 78 valence electrons. The van der Waals surface area contributed by atoms with Crippen molar-refractivity contribution in [2.45, 2.75) is 52.2 Å². The van der Waals surface area contributed by atoms with Crippen molar-refractivity contribution < 1.29 is 9.53 Å². The van der Waals surface area contributed by atoms with Gasteiger partial charge in [0.1, 0.15) is 5.60 Å². The minimum atomic E-state index is -0.744. The molecule has 0 saturated heterocycles. The number of amides is 1. The molecule has 13 heavy (non-hydrogen) atoms. The molecule has 0 aromatic rings. The van der Waals surface area contributed by atoms with E-state index in [0.717, 1.165) is 6.42 Å². The molecule has 1 amide bonds. The molecular formula is C10H21NO2. The van der Waals surface area contributed by atoms with Crippen LogP contribution in [0.1, 0.15) is 41.0 Å². The van der Waals surface area contributed by atoms with E-state index < -0.39 is 5.60 Å². The molecule has 3 heteroatoms. The summed E-state index contributed by atoms with van der Waals surface area (Å²) in [5.74, 6) is -0.0677. The van der Waals surface area contributed by atoms with Gasteiger partial charge < -0.3 is 10.1 Å². The lowest BCUT2D eigenvalue weighted by Gasteiger charge is -2.30. The minimum absolute atomic E-state index is 0.0677. The van der Waals surface area contributed by atoms with E-state index in [1.165, 1.54) is 0 Å². The van der Waals surface area contributed by atoms with Gasteiger partial charge in [-0.1, -0.05) is 6.92 Å². The Hall–Kier alpha value is -0.570. The number of carbonyl (C=O) groups is 1. The van der Waals surface area contributed by atoms with E-state index in [2.05, 4.69) is 5.32 Å². The fourth-order valence-corrected chi connectivity index (χ4v) is 0.639. The number of ether oxygens (including phenoxy) is 1. The van der Waals surface area contributed by atoms with E-state index in [4.69, 9.17) is 4.74 Å². The molecule has 0 heterocycles. The Kier molecular flexibility index (Phi) is 3.91. The highest BCUT2D eigenvalue weighted by atomic mass is 16.5. The minimum Gasteiger partial charge on any atom is -0.369 e. The average molecular weight is 187 g/mol. The number of nitrogens with one attached hydrogen (secondary N) is 1. The summed E-state index contributed by atoms with van der Waals surface area (Å²) in [6, 6.07) is 0. The van der Waals surface area contributed by atoms with Gasteiger partial charge in [-0.15, -0.1) is 0 Å². The van der Waals surface area contributed by atoms with Crippen LogP contribution in [0.5, 0.6) is 0 Å². The number of rotatable bonds is 4. The second-order valence-electron chi connectivity index (χ2n) is 4.41. The summed E-state index contributed by atoms with van der Waals surface area (Å²) < 4.78 is 5.08. The summed E-state index contributed by atoms with van der Waals surface area (Å²) in [6.07, 6.45) is 0.901. The summed E-state index contributed by atoms with van der Waals surface area (Å²) in [4.78, 5) is 11.6. The van der Waals surface area contributed by atoms with Gasteiger partial charge in [-0.05, 0) is 34.1 Å². The van der Waals surface area contributed by atoms with Crippen LogP contribution in [0.25, 0.3) is 0 Å². The summed E-state index contributed by atoms with van der Waals surface area (Å²) in [6.45, 7) is 9.55. The fraction of sp³-hybridized carbons (Fsp3) is 0.900. The third kappa shape index (κ3) is 3.77. The highest BCUT2D eigenvalue weighted by Gasteiger charge is 2.30. The lowest BCUT2D eigenvalue weighted by molar-refractivity contribution is -0.141. The molecule has 0 atom stereocenters. The molecule has 0 radical (unpaired) electrons. The zero-order chi connectivity index (χ0) is 10.7. The van der Waals surface area contributed by atoms with Crippen molar-refractivity contribution in [2.24, 2.45) is 0 Å². The Morgan fingerprint density at radius 3 is 2.08 bits per heavy atom. The van der Waals surface area contributed by atoms with Gasteiger partial charge >= 0.3 is 0 Å². The highest BCUT2D eigenvalue weighted by molar-refractivity contribution is 5.84. The van der Waals surface area contributed by atoms with Crippen LogP contribution in [0.15, 0.2) is 0 Å². The Bertz CT molecular complexity index is 185. The predicted octanol–water partition coefficient (Wildman–Crippen LogP) is 1.72. The van der Waals surface area contributed by atoms with E-state index in [1.54, 1.807) is 21.0 Å². The second-order valence-corrected chi connectivity index (χ2v) is 4.41. The van der Waals surface area contributed by atoms with Gasteiger partial charge in [0, 0.05) is 12.6 Å². The van der Waals surface area contributed by atoms with Crippen molar-refractivity contribution in [1.29, 1.82) is 0 Å². The molecule has 0 aromatic carbocycles. The zero-order valence-corrected chi connectivity index (χ0v) is 9.52. The van der Waals surface area contributed by atoms with Crippen LogP contribution in [0.2, 0.25) is 0 Å². The molecule has 0 bridgehead atoms. The van der Waals surface area contributed by atoms with Crippen molar-refractivity contribution >= 4 is 5.91 Å². The SMILES string of the molecule is CCC(C)(C)NC(=O)C(C)(C)OC. The number of methoxy groups -OCH3 is 1. The Balaban J connectivity index is 4.31. The van der Waals surface area contributed by atoms with E-state index in [9.17, 15) is 4.79 Å². The van der Waals surface area contributed by atoms with Crippen LogP contribution >= 0.6 is 0 Å². The van der Waals surface area contributed by atoms with Crippen LogP contribution in [-0.4, -0.2) is 24.2 Å². The third-order valence-corrected chi connectivity index (χ3v) is 2.39. The first-order chi connectivity index (χ1) is 5.75. The zero-order valence-electron chi connectivity index (χ0n) is 9.52. The summed E-state index contributed by atoms with van der Waals surface area (Å²) in [5.41, 5.74) is -0.903. The van der Waals surface area contributed by atoms with E-state index in [1.807, 2.05) is 20.8 Å². The van der Waals surface area contributed by atoms with Crippen LogP contribution in [-0.2, 0) is 9.53 Å². The van der Waals surface area contributed by atoms with Crippen LogP contribution in [0.3, 0.4) is 0 Å². The van der Waals surface area contributed by atoms with Crippen LogP contribution in [0.4, 0.5) is 0 Å². The van der Waals surface area contributed by atoms with Crippen molar-refractivity contribution in [3.63, 3.8) is 0 Å². The molecule has 0 unspecified atom stereocenters. The fourth-order valence-electron chi connectivity index (χ4n) is 0.639. The molecule has 0 aliphatic rings. The standard InChI is InChI=1S/C10H21NO2/c1-7-9(2,3)11-8(12)10(4,5)13-6/h7H2,1-6H3,(H,11,12). The number of hydrogen-bond acceptors (Lipinski definition) is 2. The smallest absolute Gasteiger partial charge is 0.252 e. The summed E-state index contributed by atoms with van der Waals surface area (Å²) >= 11 is 0. The van der Waals surface area contributed by atoms with E-state index >= 15 is 0 Å². The lowest BCUT2D eigenvalue weighted by atomic mass is 9.99. The topological polar surface area (TPSA) is 38.3 Å². The van der Waals surface area contributed by atoms with Crippen LogP contribution in [0, 0.1) is 0 Å². The molecule has 1 N–H and O–H groups in total. The van der Waals surface area contributed by atoms with Gasteiger partial charge in [0.2, 0.25) is 0 Å². The number of hydrogen-bond donors (Lipinski definition) is 1. The number of carbonyl (C=O) groups excluding carboxylic acids is 1. The maximum Gasteiger partial charge on any atom is 0.252 e. The third-order valence-electron chi connectivity index (χ3n) is 2.39. The summed E-state index contributed by atoms with van der Waals surface area (Å²) in [7, 11) is 1.54. The monoisotopic (exact) mass is 187 g/mol. The van der Waals surface area contributed by atoms with Gasteiger partial charge in [-0.2, -0.15) is 0 Å². The lowest BCUT2D eigenvalue weighted by Crippen LogP contribution is -2.52. The molecule has 0 spiro atoms. The first-order valence-electron chi connectivity index (χ1n) is 4.63. The molecule has 0 aliphatic heterocycles. The highest BCUT2D eigenvalue weighted by Crippen LogP contribution is 2.12. The predicted molar refractivity (Wildman–Crippen MR) is 53.6 cm³/mol. The molecule has 0 rings (SSSR count). The molecule has 0 saturated carbocycles. The van der Waals surface area contributed by atoms with E-state index in [-0.39, 0.29) is 11.4 Å². The molecule has 0 aliphatic carbocycles.